The molecular weight excluding hydrogens is 322 g/mol. The van der Waals surface area contributed by atoms with Crippen molar-refractivity contribution in [1.82, 2.24) is 4.90 Å². The summed E-state index contributed by atoms with van der Waals surface area (Å²) in [5.41, 5.74) is 6.55. The Labute approximate surface area is 148 Å². The van der Waals surface area contributed by atoms with Crippen molar-refractivity contribution in [3.05, 3.63) is 18.2 Å². The maximum Gasteiger partial charge on any atom is 0.243 e. The zero-order valence-electron chi connectivity index (χ0n) is 15.1. The van der Waals surface area contributed by atoms with Gasteiger partial charge in [-0.1, -0.05) is 13.8 Å². The zero-order valence-corrected chi connectivity index (χ0v) is 15.1. The van der Waals surface area contributed by atoms with Crippen LogP contribution in [0.15, 0.2) is 18.2 Å². The quantitative estimate of drug-likeness (QED) is 0.780. The second-order valence-electron chi connectivity index (χ2n) is 6.50. The summed E-state index contributed by atoms with van der Waals surface area (Å²) in [4.78, 5) is 26.1. The van der Waals surface area contributed by atoms with Gasteiger partial charge in [-0.2, -0.15) is 0 Å². The molecule has 0 spiro atoms. The van der Waals surface area contributed by atoms with Crippen molar-refractivity contribution in [3.8, 4) is 11.5 Å². The number of fused-ring (bicyclic) bond motifs is 1. The second-order valence-corrected chi connectivity index (χ2v) is 6.50. The number of likely N-dealkylation sites (N-methyl/N-ethyl adjacent to an activating group) is 1. The van der Waals surface area contributed by atoms with Crippen molar-refractivity contribution in [2.45, 2.75) is 33.2 Å². The molecule has 1 atom stereocenters. The maximum atomic E-state index is 12.4. The number of amides is 2. The fourth-order valence-corrected chi connectivity index (χ4v) is 2.68. The third-order valence-electron chi connectivity index (χ3n) is 3.90. The predicted molar refractivity (Wildman–Crippen MR) is 95.7 cm³/mol. The van der Waals surface area contributed by atoms with E-state index in [4.69, 9.17) is 15.2 Å². The summed E-state index contributed by atoms with van der Waals surface area (Å²) in [5, 5.41) is 2.78. The largest absolute Gasteiger partial charge is 0.486 e. The highest BCUT2D eigenvalue weighted by Gasteiger charge is 2.23. The molecule has 0 aromatic heterocycles. The molecule has 138 valence electrons. The minimum absolute atomic E-state index is 0.0322. The first kappa shape index (κ1) is 19.1. The number of benzene rings is 1. The third kappa shape index (κ3) is 5.35. The molecular formula is C18H27N3O4. The molecule has 25 heavy (non-hydrogen) atoms. The molecule has 1 aromatic carbocycles. The normalized spacial score (nSPS) is 14.1. The number of nitrogens with one attached hydrogen (secondary N) is 1. The number of hydrogen-bond acceptors (Lipinski definition) is 5. The fourth-order valence-electron chi connectivity index (χ4n) is 2.68. The summed E-state index contributed by atoms with van der Waals surface area (Å²) in [7, 11) is 0. The average molecular weight is 349 g/mol. The Kier molecular flexibility index (Phi) is 6.64. The second kappa shape index (κ2) is 8.71. The van der Waals surface area contributed by atoms with Crippen LogP contribution in [0.25, 0.3) is 0 Å². The molecule has 3 N–H and O–H groups in total. The van der Waals surface area contributed by atoms with Crippen LogP contribution in [0.5, 0.6) is 11.5 Å². The SMILES string of the molecule is CCN(CC(=O)Nc1ccc2c(c1)OCCO2)C(=O)[C@@H](N)CC(C)C. The Balaban J connectivity index is 1.94. The number of anilines is 1. The van der Waals surface area contributed by atoms with E-state index in [1.807, 2.05) is 20.8 Å². The van der Waals surface area contributed by atoms with Crippen molar-refractivity contribution in [3.63, 3.8) is 0 Å². The summed E-state index contributed by atoms with van der Waals surface area (Å²) >= 11 is 0. The number of hydrogen-bond donors (Lipinski definition) is 2. The van der Waals surface area contributed by atoms with Crippen molar-refractivity contribution >= 4 is 17.5 Å². The van der Waals surface area contributed by atoms with Crippen LogP contribution < -0.4 is 20.5 Å². The lowest BCUT2D eigenvalue weighted by Gasteiger charge is -2.25. The monoisotopic (exact) mass is 349 g/mol. The molecule has 2 rings (SSSR count). The van der Waals surface area contributed by atoms with Gasteiger partial charge in [-0.3, -0.25) is 9.59 Å². The van der Waals surface area contributed by atoms with Gasteiger partial charge < -0.3 is 25.4 Å². The highest BCUT2D eigenvalue weighted by molar-refractivity contribution is 5.95. The van der Waals surface area contributed by atoms with Crippen LogP contribution in [-0.4, -0.2) is 49.1 Å². The minimum Gasteiger partial charge on any atom is -0.486 e. The molecule has 1 aliphatic rings. The number of nitrogens with zero attached hydrogens (tertiary/aromatic N) is 1. The van der Waals surface area contributed by atoms with Crippen LogP contribution in [0.1, 0.15) is 27.2 Å². The van der Waals surface area contributed by atoms with E-state index in [-0.39, 0.29) is 18.4 Å². The molecule has 7 heteroatoms. The maximum absolute atomic E-state index is 12.4. The van der Waals surface area contributed by atoms with Gasteiger partial charge >= 0.3 is 0 Å². The smallest absolute Gasteiger partial charge is 0.243 e. The zero-order chi connectivity index (χ0) is 18.4. The summed E-state index contributed by atoms with van der Waals surface area (Å²) in [6, 6.07) is 4.64. The van der Waals surface area contributed by atoms with E-state index in [0.717, 1.165) is 0 Å². The van der Waals surface area contributed by atoms with E-state index in [9.17, 15) is 9.59 Å². The number of rotatable bonds is 7. The molecule has 0 bridgehead atoms. The van der Waals surface area contributed by atoms with E-state index < -0.39 is 6.04 Å². The van der Waals surface area contributed by atoms with Crippen LogP contribution in [0, 0.1) is 5.92 Å². The van der Waals surface area contributed by atoms with E-state index in [1.165, 1.54) is 4.90 Å². The van der Waals surface area contributed by atoms with Crippen LogP contribution >= 0.6 is 0 Å². The highest BCUT2D eigenvalue weighted by Crippen LogP contribution is 2.32. The standard InChI is InChI=1S/C18H27N3O4/c1-4-21(18(23)14(19)9-12(2)3)11-17(22)20-13-5-6-15-16(10-13)25-8-7-24-15/h5-6,10,12,14H,4,7-9,11,19H2,1-3H3,(H,20,22)/t14-/m0/s1. The van der Waals surface area contributed by atoms with Crippen LogP contribution in [0.2, 0.25) is 0 Å². The first-order valence-corrected chi connectivity index (χ1v) is 8.64. The van der Waals surface area contributed by atoms with Crippen molar-refractivity contribution < 1.29 is 19.1 Å². The van der Waals surface area contributed by atoms with Crippen molar-refractivity contribution in [2.24, 2.45) is 11.7 Å². The Hall–Kier alpha value is -2.28. The molecule has 0 saturated heterocycles. The lowest BCUT2D eigenvalue weighted by atomic mass is 10.0. The number of carbonyl (C=O) groups is 2. The Morgan fingerprint density at radius 1 is 1.24 bits per heavy atom. The summed E-state index contributed by atoms with van der Waals surface area (Å²) in [6.07, 6.45) is 0.596. The van der Waals surface area contributed by atoms with Crippen LogP contribution in [0.4, 0.5) is 5.69 Å². The lowest BCUT2D eigenvalue weighted by Crippen LogP contribution is -2.47. The van der Waals surface area contributed by atoms with E-state index >= 15 is 0 Å². The predicted octanol–water partition coefficient (Wildman–Crippen LogP) is 1.62. The van der Waals surface area contributed by atoms with Gasteiger partial charge in [0.15, 0.2) is 11.5 Å². The molecule has 0 unspecified atom stereocenters. The molecule has 1 aliphatic heterocycles. The Morgan fingerprint density at radius 3 is 2.56 bits per heavy atom. The molecule has 0 fully saturated rings. The van der Waals surface area contributed by atoms with Gasteiger partial charge in [0.2, 0.25) is 11.8 Å². The summed E-state index contributed by atoms with van der Waals surface area (Å²) in [6.45, 7) is 7.25. The Bertz CT molecular complexity index is 618. The van der Waals surface area contributed by atoms with Crippen LogP contribution in [-0.2, 0) is 9.59 Å². The average Bonchev–Trinajstić information content (AvgIpc) is 2.58. The number of carbonyl (C=O) groups excluding carboxylic acids is 2. The van der Waals surface area contributed by atoms with Crippen LogP contribution in [0.3, 0.4) is 0 Å². The van der Waals surface area contributed by atoms with Gasteiger partial charge in [0.1, 0.15) is 13.2 Å². The molecule has 7 nitrogen and oxygen atoms in total. The molecule has 0 radical (unpaired) electrons. The molecule has 2 amide bonds. The van der Waals surface area contributed by atoms with Gasteiger partial charge in [-0.25, -0.2) is 0 Å². The first-order chi connectivity index (χ1) is 11.9. The van der Waals surface area contributed by atoms with Crippen molar-refractivity contribution in [1.29, 1.82) is 0 Å². The summed E-state index contributed by atoms with van der Waals surface area (Å²) in [5.74, 6) is 1.11. The molecule has 1 heterocycles. The molecule has 0 saturated carbocycles. The molecule has 1 aromatic rings. The van der Waals surface area contributed by atoms with Gasteiger partial charge in [-0.15, -0.1) is 0 Å². The fraction of sp³-hybridized carbons (Fsp3) is 0.556. The topological polar surface area (TPSA) is 93.9 Å². The van der Waals surface area contributed by atoms with Gasteiger partial charge in [0.05, 0.1) is 12.6 Å². The van der Waals surface area contributed by atoms with E-state index in [0.29, 0.717) is 49.3 Å². The number of nitrogens with two attached hydrogens (primary N) is 1. The van der Waals surface area contributed by atoms with Crippen molar-refractivity contribution in [2.75, 3.05) is 31.6 Å². The van der Waals surface area contributed by atoms with E-state index in [1.54, 1.807) is 18.2 Å². The minimum atomic E-state index is -0.581. The Morgan fingerprint density at radius 2 is 1.92 bits per heavy atom. The molecule has 0 aliphatic carbocycles. The van der Waals surface area contributed by atoms with Gasteiger partial charge in [0.25, 0.3) is 0 Å². The first-order valence-electron chi connectivity index (χ1n) is 8.64. The highest BCUT2D eigenvalue weighted by atomic mass is 16.6. The van der Waals surface area contributed by atoms with E-state index in [2.05, 4.69) is 5.32 Å². The summed E-state index contributed by atoms with van der Waals surface area (Å²) < 4.78 is 10.9. The lowest BCUT2D eigenvalue weighted by molar-refractivity contribution is -0.135. The number of ether oxygens (including phenoxy) is 2. The third-order valence-corrected chi connectivity index (χ3v) is 3.90. The van der Waals surface area contributed by atoms with Gasteiger partial charge in [-0.05, 0) is 31.4 Å². The van der Waals surface area contributed by atoms with Gasteiger partial charge in [0, 0.05) is 18.3 Å².